The smallest absolute Gasteiger partial charge is 0.254 e. The van der Waals surface area contributed by atoms with Crippen LogP contribution in [0.25, 0.3) is 0 Å². The van der Waals surface area contributed by atoms with Crippen molar-refractivity contribution in [3.63, 3.8) is 0 Å². The Labute approximate surface area is 114 Å². The molecule has 0 aromatic heterocycles. The largest absolute Gasteiger partial charge is 0.340 e. The third-order valence-corrected chi connectivity index (χ3v) is 2.58. The van der Waals surface area contributed by atoms with Crippen molar-refractivity contribution in [3.8, 4) is 0 Å². The monoisotopic (exact) mass is 270 g/mol. The molecule has 0 bridgehead atoms. The first-order valence-electron chi connectivity index (χ1n) is 5.58. The number of likely N-dealkylation sites (N-methyl/N-ethyl adjacent to an activating group) is 2. The summed E-state index contributed by atoms with van der Waals surface area (Å²) in [6.45, 7) is 2.81. The summed E-state index contributed by atoms with van der Waals surface area (Å²) in [5.74, 6) is -0.206. The maximum absolute atomic E-state index is 12.1. The quantitative estimate of drug-likeness (QED) is 0.827. The Morgan fingerprint density at radius 2 is 1.78 bits per heavy atom. The van der Waals surface area contributed by atoms with Gasteiger partial charge < -0.3 is 10.2 Å². The lowest BCUT2D eigenvalue weighted by Crippen LogP contribution is -2.33. The third-order valence-electron chi connectivity index (χ3n) is 2.58. The van der Waals surface area contributed by atoms with Gasteiger partial charge in [-0.15, -0.1) is 12.4 Å². The number of amides is 1. The zero-order valence-corrected chi connectivity index (χ0v) is 11.7. The van der Waals surface area contributed by atoms with E-state index in [2.05, 4.69) is 5.32 Å². The molecular weight excluding hydrogens is 252 g/mol. The first kappa shape index (κ1) is 16.6. The van der Waals surface area contributed by atoms with Crippen LogP contribution in [0.2, 0.25) is 0 Å². The van der Waals surface area contributed by atoms with Gasteiger partial charge in [0.2, 0.25) is 0 Å². The van der Waals surface area contributed by atoms with E-state index < -0.39 is 0 Å². The Bertz CT molecular complexity index is 421. The van der Waals surface area contributed by atoms with Crippen LogP contribution in [0.3, 0.4) is 0 Å². The maximum atomic E-state index is 12.1. The molecule has 0 spiro atoms. The van der Waals surface area contributed by atoms with Gasteiger partial charge in [0, 0.05) is 25.7 Å². The first-order valence-corrected chi connectivity index (χ1v) is 5.58. The molecule has 1 aromatic carbocycles. The van der Waals surface area contributed by atoms with Crippen molar-refractivity contribution in [1.29, 1.82) is 0 Å². The Morgan fingerprint density at radius 3 is 2.28 bits per heavy atom. The number of rotatable bonds is 5. The molecule has 100 valence electrons. The third kappa shape index (κ3) is 4.13. The van der Waals surface area contributed by atoms with Crippen molar-refractivity contribution in [3.05, 3.63) is 35.4 Å². The van der Waals surface area contributed by atoms with Gasteiger partial charge in [0.1, 0.15) is 0 Å². The van der Waals surface area contributed by atoms with Crippen molar-refractivity contribution < 1.29 is 9.59 Å². The number of nitrogens with zero attached hydrogens (tertiary/aromatic N) is 1. The molecule has 0 aliphatic heterocycles. The summed E-state index contributed by atoms with van der Waals surface area (Å²) in [6, 6.07) is 6.91. The van der Waals surface area contributed by atoms with Crippen molar-refractivity contribution in [2.45, 2.75) is 6.92 Å². The van der Waals surface area contributed by atoms with Gasteiger partial charge in [-0.05, 0) is 20.0 Å². The SMILES string of the molecule is CNCCN(C)C(=O)c1ccccc1C(C)=O.Cl. The lowest BCUT2D eigenvalue weighted by Gasteiger charge is -2.18. The van der Waals surface area contributed by atoms with Gasteiger partial charge in [0.05, 0.1) is 5.56 Å². The van der Waals surface area contributed by atoms with Gasteiger partial charge in [-0.1, -0.05) is 18.2 Å². The number of carbonyl (C=O) groups excluding carboxylic acids is 2. The fraction of sp³-hybridized carbons (Fsp3) is 0.385. The summed E-state index contributed by atoms with van der Waals surface area (Å²) in [4.78, 5) is 25.2. The highest BCUT2D eigenvalue weighted by molar-refractivity contribution is 6.07. The van der Waals surface area contributed by atoms with Crippen LogP contribution in [-0.2, 0) is 0 Å². The van der Waals surface area contributed by atoms with E-state index >= 15 is 0 Å². The fourth-order valence-corrected chi connectivity index (χ4v) is 1.56. The molecule has 1 N–H and O–H groups in total. The molecule has 0 heterocycles. The average molecular weight is 271 g/mol. The van der Waals surface area contributed by atoms with E-state index in [1.807, 2.05) is 7.05 Å². The van der Waals surface area contributed by atoms with Crippen LogP contribution in [-0.4, -0.2) is 43.8 Å². The second kappa shape index (κ2) is 7.84. The fourth-order valence-electron chi connectivity index (χ4n) is 1.56. The van der Waals surface area contributed by atoms with E-state index in [1.165, 1.54) is 6.92 Å². The highest BCUT2D eigenvalue weighted by Crippen LogP contribution is 2.11. The van der Waals surface area contributed by atoms with Crippen molar-refractivity contribution in [2.75, 3.05) is 27.2 Å². The molecule has 0 fully saturated rings. The molecule has 0 aliphatic rings. The van der Waals surface area contributed by atoms with Gasteiger partial charge in [-0.25, -0.2) is 0 Å². The zero-order chi connectivity index (χ0) is 12.8. The van der Waals surface area contributed by atoms with E-state index in [9.17, 15) is 9.59 Å². The molecule has 0 unspecified atom stereocenters. The van der Waals surface area contributed by atoms with Crippen molar-refractivity contribution in [2.24, 2.45) is 0 Å². The number of halogens is 1. The Morgan fingerprint density at radius 1 is 1.22 bits per heavy atom. The zero-order valence-electron chi connectivity index (χ0n) is 10.9. The van der Waals surface area contributed by atoms with Crippen molar-refractivity contribution in [1.82, 2.24) is 10.2 Å². The van der Waals surface area contributed by atoms with Crippen LogP contribution in [0.15, 0.2) is 24.3 Å². The molecule has 0 radical (unpaired) electrons. The molecule has 0 saturated heterocycles. The maximum Gasteiger partial charge on any atom is 0.254 e. The lowest BCUT2D eigenvalue weighted by atomic mass is 10.0. The number of benzene rings is 1. The number of carbonyl (C=O) groups is 2. The van der Waals surface area contributed by atoms with Crippen LogP contribution in [0.4, 0.5) is 0 Å². The van der Waals surface area contributed by atoms with Gasteiger partial charge >= 0.3 is 0 Å². The van der Waals surface area contributed by atoms with Crippen LogP contribution in [0.1, 0.15) is 27.6 Å². The molecule has 4 nitrogen and oxygen atoms in total. The van der Waals surface area contributed by atoms with Gasteiger partial charge in [-0.3, -0.25) is 9.59 Å². The molecule has 0 aliphatic carbocycles. The van der Waals surface area contributed by atoms with E-state index in [4.69, 9.17) is 0 Å². The Hall–Kier alpha value is -1.39. The van der Waals surface area contributed by atoms with E-state index in [0.29, 0.717) is 17.7 Å². The molecule has 18 heavy (non-hydrogen) atoms. The topological polar surface area (TPSA) is 49.4 Å². The van der Waals surface area contributed by atoms with E-state index in [-0.39, 0.29) is 24.1 Å². The summed E-state index contributed by atoms with van der Waals surface area (Å²) in [7, 11) is 3.57. The standard InChI is InChI=1S/C13H18N2O2.ClH/c1-10(16)11-6-4-5-7-12(11)13(17)15(3)9-8-14-2;/h4-7,14H,8-9H2,1-3H3;1H. The Balaban J connectivity index is 0.00000289. The molecule has 0 saturated carbocycles. The average Bonchev–Trinajstić information content (AvgIpc) is 2.34. The van der Waals surface area contributed by atoms with E-state index in [1.54, 1.807) is 36.2 Å². The molecule has 1 amide bonds. The summed E-state index contributed by atoms with van der Waals surface area (Å²) in [6.07, 6.45) is 0. The highest BCUT2D eigenvalue weighted by Gasteiger charge is 2.16. The minimum atomic E-state index is -0.119. The number of nitrogens with one attached hydrogen (secondary N) is 1. The second-order valence-corrected chi connectivity index (χ2v) is 3.93. The number of ketones is 1. The predicted octanol–water partition coefficient (Wildman–Crippen LogP) is 1.60. The lowest BCUT2D eigenvalue weighted by molar-refractivity contribution is 0.0791. The van der Waals surface area contributed by atoms with Gasteiger partial charge in [0.15, 0.2) is 5.78 Å². The van der Waals surface area contributed by atoms with Crippen molar-refractivity contribution >= 4 is 24.1 Å². The molecule has 1 rings (SSSR count). The molecule has 5 heteroatoms. The summed E-state index contributed by atoms with van der Waals surface area (Å²) < 4.78 is 0. The molecule has 1 aromatic rings. The van der Waals surface area contributed by atoms with Crippen LogP contribution < -0.4 is 5.32 Å². The normalized spacial score (nSPS) is 9.50. The highest BCUT2D eigenvalue weighted by atomic mass is 35.5. The van der Waals surface area contributed by atoms with Crippen LogP contribution in [0, 0.1) is 0 Å². The summed E-state index contributed by atoms with van der Waals surface area (Å²) in [5, 5.41) is 2.98. The van der Waals surface area contributed by atoms with Gasteiger partial charge in [0.25, 0.3) is 5.91 Å². The summed E-state index contributed by atoms with van der Waals surface area (Å²) >= 11 is 0. The predicted molar refractivity (Wildman–Crippen MR) is 74.6 cm³/mol. The van der Waals surface area contributed by atoms with Crippen LogP contribution in [0.5, 0.6) is 0 Å². The summed E-state index contributed by atoms with van der Waals surface area (Å²) in [5.41, 5.74) is 0.951. The molecular formula is C13H19ClN2O2. The number of hydrogen-bond donors (Lipinski definition) is 1. The number of hydrogen-bond acceptors (Lipinski definition) is 3. The number of Topliss-reactive ketones (excluding diaryl/α,β-unsaturated/α-hetero) is 1. The first-order chi connectivity index (χ1) is 8.07. The van der Waals surface area contributed by atoms with Crippen LogP contribution >= 0.6 is 12.4 Å². The minimum absolute atomic E-state index is 0. The van der Waals surface area contributed by atoms with Gasteiger partial charge in [-0.2, -0.15) is 0 Å². The second-order valence-electron chi connectivity index (χ2n) is 3.93. The minimum Gasteiger partial charge on any atom is -0.340 e. The molecule has 0 atom stereocenters. The Kier molecular flexibility index (Phi) is 7.24. The van der Waals surface area contributed by atoms with E-state index in [0.717, 1.165) is 6.54 Å².